The molecule has 1 fully saturated rings. The van der Waals surface area contributed by atoms with Crippen molar-refractivity contribution in [3.05, 3.63) is 26.2 Å². The number of benzene rings is 1. The molecule has 4 nitrogen and oxygen atoms in total. The van der Waals surface area contributed by atoms with Crippen LogP contribution in [0.4, 0.5) is 0 Å². The highest BCUT2D eigenvalue weighted by Crippen LogP contribution is 2.36. The molecular weight excluding hydrogens is 445 g/mol. The molecule has 1 aliphatic rings. The van der Waals surface area contributed by atoms with E-state index in [0.717, 1.165) is 5.56 Å². The highest BCUT2D eigenvalue weighted by Gasteiger charge is 2.32. The van der Waals surface area contributed by atoms with Crippen molar-refractivity contribution in [1.29, 1.82) is 0 Å². The fraction of sp³-hybridized carbons (Fsp3) is 0.375. The molecule has 1 aliphatic heterocycles. The van der Waals surface area contributed by atoms with Gasteiger partial charge < -0.3 is 9.84 Å². The molecule has 1 aromatic rings. The number of carbonyl (C=O) groups excluding carboxylic acids is 1. The number of hydrogen-bond acceptors (Lipinski definition) is 5. The molecule has 1 amide bonds. The number of thioether (sulfide) groups is 1. The van der Waals surface area contributed by atoms with Crippen LogP contribution in [0.15, 0.2) is 17.0 Å². The smallest absolute Gasteiger partial charge is 0.266 e. The van der Waals surface area contributed by atoms with Crippen molar-refractivity contribution in [2.75, 3.05) is 13.2 Å². The maximum Gasteiger partial charge on any atom is 0.266 e. The van der Waals surface area contributed by atoms with Gasteiger partial charge >= 0.3 is 0 Å². The maximum absolute atomic E-state index is 12.5. The Kier molecular flexibility index (Phi) is 6.33. The standard InChI is InChI=1S/C16H18INO3S2/c1-4-21-12-6-10(5-11(17)14(12)19)7-13-15(20)18(8-9(2)3)16(22)23-13/h5-7,9,19H,4,8H2,1-3H3/b13-7-. The van der Waals surface area contributed by atoms with Gasteiger partial charge in [-0.05, 0) is 59.2 Å². The SMILES string of the molecule is CCOc1cc(/C=C2\SC(=S)N(CC(C)C)C2=O)cc(I)c1O. The van der Waals surface area contributed by atoms with E-state index in [1.807, 2.05) is 35.6 Å². The number of thiocarbonyl (C=S) groups is 1. The van der Waals surface area contributed by atoms with E-state index in [1.165, 1.54) is 11.8 Å². The number of ether oxygens (including phenoxy) is 1. The van der Waals surface area contributed by atoms with Gasteiger partial charge in [-0.1, -0.05) is 37.8 Å². The molecule has 0 unspecified atom stereocenters. The predicted molar refractivity (Wildman–Crippen MR) is 107 cm³/mol. The van der Waals surface area contributed by atoms with Crippen molar-refractivity contribution in [2.45, 2.75) is 20.8 Å². The van der Waals surface area contributed by atoms with Crippen molar-refractivity contribution < 1.29 is 14.6 Å². The van der Waals surface area contributed by atoms with Gasteiger partial charge in [0.05, 0.1) is 15.1 Å². The zero-order valence-electron chi connectivity index (χ0n) is 13.1. The normalized spacial score (nSPS) is 16.7. The van der Waals surface area contributed by atoms with Gasteiger partial charge in [0.1, 0.15) is 4.32 Å². The molecule has 0 aromatic heterocycles. The Hall–Kier alpha value is -0.800. The molecule has 2 rings (SSSR count). The summed E-state index contributed by atoms with van der Waals surface area (Å²) in [5, 5.41) is 9.99. The number of carbonyl (C=O) groups is 1. The Bertz CT molecular complexity index is 674. The van der Waals surface area contributed by atoms with E-state index in [9.17, 15) is 9.90 Å². The third kappa shape index (κ3) is 4.39. The largest absolute Gasteiger partial charge is 0.504 e. The minimum absolute atomic E-state index is 0.0604. The minimum atomic E-state index is -0.0604. The highest BCUT2D eigenvalue weighted by molar-refractivity contribution is 14.1. The first-order chi connectivity index (χ1) is 10.8. The average molecular weight is 463 g/mol. The molecule has 1 aromatic carbocycles. The molecule has 0 aliphatic carbocycles. The van der Waals surface area contributed by atoms with E-state index in [2.05, 4.69) is 13.8 Å². The summed E-state index contributed by atoms with van der Waals surface area (Å²) in [4.78, 5) is 14.7. The van der Waals surface area contributed by atoms with Crippen LogP contribution in [-0.4, -0.2) is 33.4 Å². The Labute approximate surface area is 159 Å². The van der Waals surface area contributed by atoms with Crippen molar-refractivity contribution in [3.8, 4) is 11.5 Å². The Morgan fingerprint density at radius 3 is 2.78 bits per heavy atom. The van der Waals surface area contributed by atoms with Crippen LogP contribution in [-0.2, 0) is 4.79 Å². The van der Waals surface area contributed by atoms with Crippen LogP contribution < -0.4 is 4.74 Å². The second kappa shape index (κ2) is 7.85. The maximum atomic E-state index is 12.5. The summed E-state index contributed by atoms with van der Waals surface area (Å²) in [6.07, 6.45) is 1.80. The first kappa shape index (κ1) is 18.5. The van der Waals surface area contributed by atoms with E-state index in [1.54, 1.807) is 17.0 Å². The third-order valence-corrected chi connectivity index (χ3v) is 5.27. The molecular formula is C16H18INO3S2. The molecule has 0 radical (unpaired) electrons. The second-order valence-corrected chi connectivity index (χ2v) is 8.31. The van der Waals surface area contributed by atoms with E-state index >= 15 is 0 Å². The molecule has 0 atom stereocenters. The molecule has 0 spiro atoms. The molecule has 23 heavy (non-hydrogen) atoms. The summed E-state index contributed by atoms with van der Waals surface area (Å²) in [5.74, 6) is 0.839. The number of amides is 1. The number of nitrogens with zero attached hydrogens (tertiary/aromatic N) is 1. The number of phenols is 1. The van der Waals surface area contributed by atoms with Crippen LogP contribution in [0.1, 0.15) is 26.3 Å². The van der Waals surface area contributed by atoms with Gasteiger partial charge in [-0.2, -0.15) is 0 Å². The molecule has 7 heteroatoms. The Morgan fingerprint density at radius 1 is 1.48 bits per heavy atom. The van der Waals surface area contributed by atoms with Crippen LogP contribution in [0.5, 0.6) is 11.5 Å². The zero-order chi connectivity index (χ0) is 17.1. The van der Waals surface area contributed by atoms with Gasteiger partial charge in [0.25, 0.3) is 5.91 Å². The number of rotatable bonds is 5. The minimum Gasteiger partial charge on any atom is -0.504 e. The number of phenolic OH excluding ortho intramolecular Hbond substituents is 1. The van der Waals surface area contributed by atoms with Crippen LogP contribution in [0.3, 0.4) is 0 Å². The fourth-order valence-corrected chi connectivity index (χ4v) is 4.02. The van der Waals surface area contributed by atoms with Gasteiger partial charge in [0.15, 0.2) is 11.5 Å². The zero-order valence-corrected chi connectivity index (χ0v) is 16.9. The monoisotopic (exact) mass is 463 g/mol. The van der Waals surface area contributed by atoms with Gasteiger partial charge in [-0.15, -0.1) is 0 Å². The van der Waals surface area contributed by atoms with E-state index < -0.39 is 0 Å². The molecule has 1 saturated heterocycles. The van der Waals surface area contributed by atoms with Crippen LogP contribution >= 0.6 is 46.6 Å². The molecule has 1 N–H and O–H groups in total. The van der Waals surface area contributed by atoms with E-state index in [4.69, 9.17) is 17.0 Å². The first-order valence-corrected chi connectivity index (χ1v) is 9.54. The Balaban J connectivity index is 2.32. The summed E-state index contributed by atoms with van der Waals surface area (Å²) in [6.45, 7) is 7.05. The molecule has 124 valence electrons. The number of hydrogen-bond donors (Lipinski definition) is 1. The molecule has 0 bridgehead atoms. The summed E-state index contributed by atoms with van der Waals surface area (Å²) in [6, 6.07) is 3.55. The Morgan fingerprint density at radius 2 is 2.17 bits per heavy atom. The van der Waals surface area contributed by atoms with Gasteiger partial charge in [-0.25, -0.2) is 0 Å². The lowest BCUT2D eigenvalue weighted by atomic mass is 10.1. The van der Waals surface area contributed by atoms with Crippen molar-refractivity contribution in [2.24, 2.45) is 5.92 Å². The lowest BCUT2D eigenvalue weighted by Crippen LogP contribution is -2.31. The number of halogens is 1. The highest BCUT2D eigenvalue weighted by atomic mass is 127. The van der Waals surface area contributed by atoms with Gasteiger partial charge in [0, 0.05) is 6.54 Å². The molecule has 0 saturated carbocycles. The number of aromatic hydroxyl groups is 1. The first-order valence-electron chi connectivity index (χ1n) is 7.24. The third-order valence-electron chi connectivity index (χ3n) is 3.07. The van der Waals surface area contributed by atoms with E-state index in [0.29, 0.717) is 37.6 Å². The van der Waals surface area contributed by atoms with Crippen molar-refractivity contribution in [1.82, 2.24) is 4.90 Å². The predicted octanol–water partition coefficient (Wildman–Crippen LogP) is 4.25. The van der Waals surface area contributed by atoms with E-state index in [-0.39, 0.29) is 11.7 Å². The van der Waals surface area contributed by atoms with Crippen LogP contribution in [0.25, 0.3) is 6.08 Å². The topological polar surface area (TPSA) is 49.8 Å². The van der Waals surface area contributed by atoms with Crippen molar-refractivity contribution in [3.63, 3.8) is 0 Å². The quantitative estimate of drug-likeness (QED) is 0.402. The lowest BCUT2D eigenvalue weighted by Gasteiger charge is -2.16. The van der Waals surface area contributed by atoms with Crippen LogP contribution in [0, 0.1) is 9.49 Å². The van der Waals surface area contributed by atoms with Crippen molar-refractivity contribution >= 4 is 62.9 Å². The summed E-state index contributed by atoms with van der Waals surface area (Å²) in [5.41, 5.74) is 0.806. The van der Waals surface area contributed by atoms with Crippen LogP contribution in [0.2, 0.25) is 0 Å². The van der Waals surface area contributed by atoms with Gasteiger partial charge in [-0.3, -0.25) is 9.69 Å². The summed E-state index contributed by atoms with van der Waals surface area (Å²) in [7, 11) is 0. The fourth-order valence-electron chi connectivity index (χ4n) is 2.12. The second-order valence-electron chi connectivity index (χ2n) is 5.47. The summed E-state index contributed by atoms with van der Waals surface area (Å²) < 4.78 is 6.70. The molecule has 1 heterocycles. The lowest BCUT2D eigenvalue weighted by molar-refractivity contribution is -0.122. The van der Waals surface area contributed by atoms with Gasteiger partial charge in [0.2, 0.25) is 0 Å². The average Bonchev–Trinajstić information content (AvgIpc) is 2.72. The summed E-state index contributed by atoms with van der Waals surface area (Å²) >= 11 is 8.66.